The molecule has 0 radical (unpaired) electrons. The second-order valence-corrected chi connectivity index (χ2v) is 5.69. The van der Waals surface area contributed by atoms with Gasteiger partial charge in [0.2, 0.25) is 0 Å². The summed E-state index contributed by atoms with van der Waals surface area (Å²) in [6.07, 6.45) is 0. The summed E-state index contributed by atoms with van der Waals surface area (Å²) in [6.45, 7) is 1.05. The summed E-state index contributed by atoms with van der Waals surface area (Å²) in [5, 5.41) is 11.6. The summed E-state index contributed by atoms with van der Waals surface area (Å²) >= 11 is 0. The van der Waals surface area contributed by atoms with Gasteiger partial charge in [-0.3, -0.25) is 10.0 Å². The van der Waals surface area contributed by atoms with Crippen LogP contribution in [0.25, 0.3) is 0 Å². The maximum absolute atomic E-state index is 12.5. The summed E-state index contributed by atoms with van der Waals surface area (Å²) in [4.78, 5) is 25.7. The molecular weight excluding hydrogens is 338 g/mol. The van der Waals surface area contributed by atoms with Gasteiger partial charge in [-0.05, 0) is 36.4 Å². The fourth-order valence-corrected chi connectivity index (χ4v) is 2.63. The molecule has 8 heteroatoms. The summed E-state index contributed by atoms with van der Waals surface area (Å²) < 4.78 is 10.7. The quantitative estimate of drug-likeness (QED) is 0.578. The van der Waals surface area contributed by atoms with Crippen molar-refractivity contribution in [1.29, 1.82) is 0 Å². The number of urea groups is 1. The molecule has 3 N–H and O–H groups in total. The van der Waals surface area contributed by atoms with E-state index in [9.17, 15) is 9.59 Å². The van der Waals surface area contributed by atoms with Crippen molar-refractivity contribution in [2.75, 3.05) is 25.6 Å². The molecule has 3 rings (SSSR count). The van der Waals surface area contributed by atoms with E-state index in [1.54, 1.807) is 60.0 Å². The van der Waals surface area contributed by atoms with Crippen LogP contribution in [0.2, 0.25) is 0 Å². The van der Waals surface area contributed by atoms with Crippen LogP contribution in [0, 0.1) is 0 Å². The highest BCUT2D eigenvalue weighted by Gasteiger charge is 2.21. The van der Waals surface area contributed by atoms with Crippen LogP contribution in [0.1, 0.15) is 15.9 Å². The van der Waals surface area contributed by atoms with Gasteiger partial charge in [-0.25, -0.2) is 10.3 Å². The number of fused-ring (bicyclic) bond motifs is 1. The molecule has 0 spiro atoms. The molecule has 0 aromatic heterocycles. The Labute approximate surface area is 150 Å². The molecule has 8 nitrogen and oxygen atoms in total. The van der Waals surface area contributed by atoms with Crippen LogP contribution >= 0.6 is 0 Å². The molecule has 0 fully saturated rings. The number of carbonyl (C=O) groups is 2. The molecule has 2 aromatic carbocycles. The Morgan fingerprint density at radius 2 is 1.96 bits per heavy atom. The van der Waals surface area contributed by atoms with Crippen molar-refractivity contribution < 1.29 is 24.3 Å². The fourth-order valence-electron chi connectivity index (χ4n) is 2.63. The first-order chi connectivity index (χ1) is 12.6. The molecule has 1 aliphatic heterocycles. The number of methoxy groups -OCH3 is 1. The number of rotatable bonds is 3. The number of hydrogen-bond donors (Lipinski definition) is 3. The minimum Gasteiger partial charge on any atom is -0.497 e. The van der Waals surface area contributed by atoms with E-state index in [0.29, 0.717) is 36.9 Å². The lowest BCUT2D eigenvalue weighted by Gasteiger charge is -2.20. The first-order valence-electron chi connectivity index (χ1n) is 8.01. The van der Waals surface area contributed by atoms with Crippen molar-refractivity contribution >= 4 is 17.6 Å². The molecule has 0 atom stereocenters. The Bertz CT molecular complexity index is 807. The number of benzene rings is 2. The Morgan fingerprint density at radius 1 is 1.19 bits per heavy atom. The Morgan fingerprint density at radius 3 is 2.65 bits per heavy atom. The second kappa shape index (κ2) is 7.75. The van der Waals surface area contributed by atoms with Crippen molar-refractivity contribution in [2.24, 2.45) is 0 Å². The number of anilines is 1. The molecule has 0 saturated carbocycles. The van der Waals surface area contributed by atoms with Crippen LogP contribution in [-0.2, 0) is 6.54 Å². The number of ether oxygens (including phenoxy) is 2. The van der Waals surface area contributed by atoms with Crippen molar-refractivity contribution in [1.82, 2.24) is 10.4 Å². The highest BCUT2D eigenvalue weighted by Crippen LogP contribution is 2.25. The van der Waals surface area contributed by atoms with Crippen molar-refractivity contribution in [2.45, 2.75) is 6.54 Å². The van der Waals surface area contributed by atoms with E-state index in [1.165, 1.54) is 0 Å². The number of nitrogens with zero attached hydrogens (tertiary/aromatic N) is 1. The highest BCUT2D eigenvalue weighted by atomic mass is 16.5. The van der Waals surface area contributed by atoms with Crippen LogP contribution < -0.4 is 20.3 Å². The van der Waals surface area contributed by atoms with Crippen LogP contribution in [0.5, 0.6) is 11.5 Å². The molecule has 3 amide bonds. The van der Waals surface area contributed by atoms with E-state index in [2.05, 4.69) is 5.32 Å². The summed E-state index contributed by atoms with van der Waals surface area (Å²) in [7, 11) is 1.58. The molecule has 1 heterocycles. The minimum absolute atomic E-state index is 0.246. The minimum atomic E-state index is -0.616. The maximum Gasteiger partial charge on any atom is 0.322 e. The third kappa shape index (κ3) is 3.86. The molecule has 26 heavy (non-hydrogen) atoms. The van der Waals surface area contributed by atoms with E-state index < -0.39 is 5.91 Å². The van der Waals surface area contributed by atoms with Crippen LogP contribution in [0.3, 0.4) is 0 Å². The number of amides is 3. The number of hydrogen-bond acceptors (Lipinski definition) is 5. The first kappa shape index (κ1) is 17.6. The zero-order valence-electron chi connectivity index (χ0n) is 14.2. The molecule has 1 aliphatic rings. The SMILES string of the molecule is COc1ccc(NC(=O)N2CCOc3cc(C(=O)NO)ccc3C2)cc1. The lowest BCUT2D eigenvalue weighted by atomic mass is 10.1. The zero-order valence-corrected chi connectivity index (χ0v) is 14.2. The van der Waals surface area contributed by atoms with Gasteiger partial charge in [0, 0.05) is 16.8 Å². The van der Waals surface area contributed by atoms with Gasteiger partial charge in [-0.2, -0.15) is 0 Å². The van der Waals surface area contributed by atoms with Gasteiger partial charge in [-0.15, -0.1) is 0 Å². The fraction of sp³-hybridized carbons (Fsp3) is 0.222. The van der Waals surface area contributed by atoms with E-state index in [-0.39, 0.29) is 11.6 Å². The third-order valence-corrected chi connectivity index (χ3v) is 4.04. The molecule has 2 aromatic rings. The predicted octanol–water partition coefficient (Wildman–Crippen LogP) is 2.24. The Kier molecular flexibility index (Phi) is 5.23. The van der Waals surface area contributed by atoms with Gasteiger partial charge in [0.25, 0.3) is 5.91 Å². The second-order valence-electron chi connectivity index (χ2n) is 5.69. The summed E-state index contributed by atoms with van der Waals surface area (Å²) in [5.41, 5.74) is 3.31. The van der Waals surface area contributed by atoms with E-state index in [0.717, 1.165) is 5.56 Å². The zero-order chi connectivity index (χ0) is 18.5. The van der Waals surface area contributed by atoms with Gasteiger partial charge < -0.3 is 19.7 Å². The third-order valence-electron chi connectivity index (χ3n) is 4.04. The Hall–Kier alpha value is -3.26. The molecular formula is C18H19N3O5. The molecule has 136 valence electrons. The van der Waals surface area contributed by atoms with Gasteiger partial charge in [0.15, 0.2) is 0 Å². The smallest absolute Gasteiger partial charge is 0.322 e. The highest BCUT2D eigenvalue weighted by molar-refractivity contribution is 5.94. The standard InChI is InChI=1S/C18H19N3O5/c1-25-15-6-4-14(5-7-15)19-18(23)21-8-9-26-16-10-12(17(22)20-24)2-3-13(16)11-21/h2-7,10,24H,8-9,11H2,1H3,(H,19,23)(H,20,22). The van der Waals surface area contributed by atoms with Crippen molar-refractivity contribution in [3.63, 3.8) is 0 Å². The molecule has 0 unspecified atom stereocenters. The number of nitrogens with one attached hydrogen (secondary N) is 2. The molecule has 0 aliphatic carbocycles. The van der Waals surface area contributed by atoms with Gasteiger partial charge >= 0.3 is 6.03 Å². The summed E-state index contributed by atoms with van der Waals surface area (Å²) in [6, 6.07) is 11.6. The van der Waals surface area contributed by atoms with Crippen molar-refractivity contribution in [3.05, 3.63) is 53.6 Å². The lowest BCUT2D eigenvalue weighted by molar-refractivity contribution is 0.0706. The molecule has 0 bridgehead atoms. The van der Waals surface area contributed by atoms with Gasteiger partial charge in [-0.1, -0.05) is 6.07 Å². The van der Waals surface area contributed by atoms with Gasteiger partial charge in [0.1, 0.15) is 18.1 Å². The molecule has 0 saturated heterocycles. The number of hydroxylamine groups is 1. The maximum atomic E-state index is 12.5. The van der Waals surface area contributed by atoms with Crippen LogP contribution in [0.4, 0.5) is 10.5 Å². The largest absolute Gasteiger partial charge is 0.497 e. The average molecular weight is 357 g/mol. The van der Waals surface area contributed by atoms with Gasteiger partial charge in [0.05, 0.1) is 20.2 Å². The van der Waals surface area contributed by atoms with E-state index >= 15 is 0 Å². The lowest BCUT2D eigenvalue weighted by Crippen LogP contribution is -2.36. The van der Waals surface area contributed by atoms with Crippen LogP contribution in [0.15, 0.2) is 42.5 Å². The average Bonchev–Trinajstić information content (AvgIpc) is 2.89. The van der Waals surface area contributed by atoms with E-state index in [4.69, 9.17) is 14.7 Å². The van der Waals surface area contributed by atoms with Crippen LogP contribution in [-0.4, -0.2) is 42.3 Å². The number of carbonyl (C=O) groups excluding carboxylic acids is 2. The first-order valence-corrected chi connectivity index (χ1v) is 8.01. The van der Waals surface area contributed by atoms with Crippen molar-refractivity contribution in [3.8, 4) is 11.5 Å². The topological polar surface area (TPSA) is 100 Å². The predicted molar refractivity (Wildman–Crippen MR) is 93.6 cm³/mol. The Balaban J connectivity index is 1.71. The summed E-state index contributed by atoms with van der Waals surface area (Å²) in [5.74, 6) is 0.614. The normalized spacial score (nSPS) is 13.1. The van der Waals surface area contributed by atoms with E-state index in [1.807, 2.05) is 0 Å². The monoisotopic (exact) mass is 357 g/mol.